The van der Waals surface area contributed by atoms with E-state index >= 15 is 0 Å². The van der Waals surface area contributed by atoms with Crippen LogP contribution < -0.4 is 5.32 Å². The molecule has 2 N–H and O–H groups in total. The third-order valence-corrected chi connectivity index (χ3v) is 4.58. The average Bonchev–Trinajstić information content (AvgIpc) is 2.39. The van der Waals surface area contributed by atoms with Crippen LogP contribution in [-0.2, 0) is 5.41 Å². The second-order valence-electron chi connectivity index (χ2n) is 7.41. The zero-order valence-electron chi connectivity index (χ0n) is 13.4. The molecule has 0 aromatic carbocycles. The summed E-state index contributed by atoms with van der Waals surface area (Å²) in [5, 5.41) is 13.9. The summed E-state index contributed by atoms with van der Waals surface area (Å²) in [6.45, 7) is 9.08. The van der Waals surface area contributed by atoms with E-state index in [-0.39, 0.29) is 5.41 Å². The van der Waals surface area contributed by atoms with Crippen LogP contribution in [-0.4, -0.2) is 27.2 Å². The molecule has 118 valence electrons. The van der Waals surface area contributed by atoms with Crippen molar-refractivity contribution in [3.63, 3.8) is 0 Å². The summed E-state index contributed by atoms with van der Waals surface area (Å²) in [4.78, 5) is 9.00. The highest BCUT2D eigenvalue weighted by molar-refractivity contribution is 9.10. The molecule has 0 spiro atoms. The quantitative estimate of drug-likeness (QED) is 0.807. The monoisotopic (exact) mass is 355 g/mol. The third kappa shape index (κ3) is 4.65. The zero-order chi connectivity index (χ0) is 15.7. The van der Waals surface area contributed by atoms with Crippen LogP contribution in [0.15, 0.2) is 10.7 Å². The minimum absolute atomic E-state index is 0.0998. The molecule has 2 rings (SSSR count). The fourth-order valence-electron chi connectivity index (χ4n) is 2.57. The predicted octanol–water partition coefficient (Wildman–Crippen LogP) is 3.89. The maximum Gasteiger partial charge on any atom is 0.137 e. The molecule has 0 amide bonds. The molecule has 0 aliphatic heterocycles. The van der Waals surface area contributed by atoms with E-state index in [9.17, 15) is 5.11 Å². The number of nitrogens with zero attached hydrogens (tertiary/aromatic N) is 2. The lowest BCUT2D eigenvalue weighted by Crippen LogP contribution is -2.40. The molecule has 1 saturated carbocycles. The van der Waals surface area contributed by atoms with E-state index in [1.54, 1.807) is 0 Å². The highest BCUT2D eigenvalue weighted by Gasteiger charge is 2.31. The number of aromatic nitrogens is 2. The topological polar surface area (TPSA) is 58.0 Å². The van der Waals surface area contributed by atoms with E-state index in [4.69, 9.17) is 0 Å². The fourth-order valence-corrected chi connectivity index (χ4v) is 2.96. The Bertz CT molecular complexity index is 491. The van der Waals surface area contributed by atoms with Crippen LogP contribution in [0, 0.1) is 5.92 Å². The normalized spacial score (nSPS) is 26.7. The van der Waals surface area contributed by atoms with E-state index in [0.29, 0.717) is 6.54 Å². The van der Waals surface area contributed by atoms with Crippen LogP contribution in [0.25, 0.3) is 0 Å². The van der Waals surface area contributed by atoms with Crippen molar-refractivity contribution in [1.82, 2.24) is 9.97 Å². The summed E-state index contributed by atoms with van der Waals surface area (Å²) in [6.07, 6.45) is 3.91. The van der Waals surface area contributed by atoms with E-state index in [1.807, 2.05) is 6.07 Å². The van der Waals surface area contributed by atoms with Crippen LogP contribution in [0.3, 0.4) is 0 Å². The molecular formula is C16H26BrN3O. The Balaban J connectivity index is 2.05. The van der Waals surface area contributed by atoms with Gasteiger partial charge in [-0.15, -0.1) is 0 Å². The number of anilines is 1. The Hall–Kier alpha value is -0.680. The molecule has 1 aromatic rings. The van der Waals surface area contributed by atoms with Gasteiger partial charge in [0.25, 0.3) is 0 Å². The van der Waals surface area contributed by atoms with Gasteiger partial charge in [-0.05, 0) is 47.5 Å². The number of hydrogen-bond donors (Lipinski definition) is 2. The molecule has 4 nitrogen and oxygen atoms in total. The van der Waals surface area contributed by atoms with Gasteiger partial charge in [0, 0.05) is 18.0 Å². The van der Waals surface area contributed by atoms with Crippen LogP contribution in [0.4, 0.5) is 5.82 Å². The first-order chi connectivity index (χ1) is 9.68. The number of hydrogen-bond acceptors (Lipinski definition) is 4. The summed E-state index contributed by atoms with van der Waals surface area (Å²) >= 11 is 3.44. The van der Waals surface area contributed by atoms with Gasteiger partial charge < -0.3 is 10.4 Å². The maximum absolute atomic E-state index is 10.6. The van der Waals surface area contributed by atoms with E-state index in [1.165, 1.54) is 0 Å². The van der Waals surface area contributed by atoms with Gasteiger partial charge in [0.2, 0.25) is 0 Å². The van der Waals surface area contributed by atoms with Crippen LogP contribution >= 0.6 is 15.9 Å². The second-order valence-corrected chi connectivity index (χ2v) is 8.22. The number of rotatable bonds is 3. The van der Waals surface area contributed by atoms with Crippen molar-refractivity contribution in [2.24, 2.45) is 5.92 Å². The van der Waals surface area contributed by atoms with Crippen molar-refractivity contribution in [3.8, 4) is 0 Å². The molecule has 1 heterocycles. The van der Waals surface area contributed by atoms with Crippen LogP contribution in [0.1, 0.15) is 59.2 Å². The predicted molar refractivity (Wildman–Crippen MR) is 89.5 cm³/mol. The minimum Gasteiger partial charge on any atom is -0.388 e. The lowest BCUT2D eigenvalue weighted by molar-refractivity contribution is 0.00494. The average molecular weight is 356 g/mol. The summed E-state index contributed by atoms with van der Waals surface area (Å²) < 4.78 is 0.772. The van der Waals surface area contributed by atoms with Gasteiger partial charge in [0.15, 0.2) is 0 Å². The van der Waals surface area contributed by atoms with Crippen LogP contribution in [0.5, 0.6) is 0 Å². The molecule has 1 aliphatic rings. The first-order valence-electron chi connectivity index (χ1n) is 7.69. The molecule has 5 heteroatoms. The standard InChI is InChI=1S/C16H26BrN3O/c1-11-5-7-16(21,8-6-11)10-18-13-9-12(17)19-14(20-13)15(2,3)4/h9,11,21H,5-8,10H2,1-4H3,(H,18,19,20). The van der Waals surface area contributed by atoms with Gasteiger partial charge >= 0.3 is 0 Å². The first kappa shape index (κ1) is 16.7. The Morgan fingerprint density at radius 3 is 2.52 bits per heavy atom. The van der Waals surface area contributed by atoms with Gasteiger partial charge in [0.05, 0.1) is 5.60 Å². The number of aliphatic hydroxyl groups is 1. The summed E-state index contributed by atoms with van der Waals surface area (Å²) in [5.41, 5.74) is -0.705. The van der Waals surface area contributed by atoms with Crippen molar-refractivity contribution >= 4 is 21.7 Å². The van der Waals surface area contributed by atoms with Crippen LogP contribution in [0.2, 0.25) is 0 Å². The molecule has 0 saturated heterocycles. The molecule has 1 aromatic heterocycles. The number of nitrogens with one attached hydrogen (secondary N) is 1. The number of halogens is 1. The maximum atomic E-state index is 10.6. The van der Waals surface area contributed by atoms with E-state index in [2.05, 4.69) is 58.9 Å². The zero-order valence-corrected chi connectivity index (χ0v) is 15.0. The molecule has 0 atom stereocenters. The largest absolute Gasteiger partial charge is 0.388 e. The molecular weight excluding hydrogens is 330 g/mol. The van der Waals surface area contributed by atoms with Gasteiger partial charge in [-0.1, -0.05) is 27.7 Å². The first-order valence-corrected chi connectivity index (χ1v) is 8.49. The van der Waals surface area contributed by atoms with Gasteiger partial charge in [0.1, 0.15) is 16.2 Å². The summed E-state index contributed by atoms with van der Waals surface area (Å²) in [7, 11) is 0. The lowest BCUT2D eigenvalue weighted by Gasteiger charge is -2.35. The van der Waals surface area contributed by atoms with Gasteiger partial charge in [-0.25, -0.2) is 9.97 Å². The Kier molecular flexibility index (Phi) is 4.93. The lowest BCUT2D eigenvalue weighted by atomic mass is 9.79. The van der Waals surface area contributed by atoms with Gasteiger partial charge in [-0.3, -0.25) is 0 Å². The van der Waals surface area contributed by atoms with E-state index < -0.39 is 5.60 Å². The van der Waals surface area contributed by atoms with Crippen molar-refractivity contribution in [1.29, 1.82) is 0 Å². The molecule has 1 aliphatic carbocycles. The second kappa shape index (κ2) is 6.21. The molecule has 0 radical (unpaired) electrons. The Morgan fingerprint density at radius 1 is 1.33 bits per heavy atom. The molecule has 0 unspecified atom stereocenters. The third-order valence-electron chi connectivity index (χ3n) is 4.17. The van der Waals surface area contributed by atoms with Crippen molar-refractivity contribution in [2.75, 3.05) is 11.9 Å². The SMILES string of the molecule is CC1CCC(O)(CNc2cc(Br)nc(C(C)(C)C)n2)CC1. The smallest absolute Gasteiger partial charge is 0.137 e. The highest BCUT2D eigenvalue weighted by Crippen LogP contribution is 2.32. The molecule has 0 bridgehead atoms. The Morgan fingerprint density at radius 2 is 1.95 bits per heavy atom. The Labute approximate surface area is 135 Å². The van der Waals surface area contributed by atoms with E-state index in [0.717, 1.165) is 47.8 Å². The fraction of sp³-hybridized carbons (Fsp3) is 0.750. The highest BCUT2D eigenvalue weighted by atomic mass is 79.9. The molecule has 1 fully saturated rings. The minimum atomic E-state index is -0.605. The van der Waals surface area contributed by atoms with Crippen molar-refractivity contribution in [3.05, 3.63) is 16.5 Å². The van der Waals surface area contributed by atoms with Crippen molar-refractivity contribution in [2.45, 2.75) is 64.4 Å². The molecule has 21 heavy (non-hydrogen) atoms. The van der Waals surface area contributed by atoms with Gasteiger partial charge in [-0.2, -0.15) is 0 Å². The summed E-state index contributed by atoms with van der Waals surface area (Å²) in [6, 6.07) is 1.87. The summed E-state index contributed by atoms with van der Waals surface area (Å²) in [5.74, 6) is 2.29. The van der Waals surface area contributed by atoms with Crippen molar-refractivity contribution < 1.29 is 5.11 Å².